The molecule has 0 spiro atoms. The number of nitrogens with one attached hydrogen (secondary N) is 2. The van der Waals surface area contributed by atoms with Gasteiger partial charge in [-0.25, -0.2) is 9.97 Å². The predicted molar refractivity (Wildman–Crippen MR) is 93.7 cm³/mol. The molecule has 2 N–H and O–H groups in total. The summed E-state index contributed by atoms with van der Waals surface area (Å²) in [7, 11) is 1.59. The summed E-state index contributed by atoms with van der Waals surface area (Å²) in [5.41, 5.74) is 2.11. The van der Waals surface area contributed by atoms with Crippen LogP contribution in [0.15, 0.2) is 61.2 Å². The molecule has 126 valence electrons. The largest absolute Gasteiger partial charge is 0.495 e. The van der Waals surface area contributed by atoms with Gasteiger partial charge in [-0.2, -0.15) is 0 Å². The van der Waals surface area contributed by atoms with E-state index in [-0.39, 0.29) is 5.91 Å². The molecule has 1 amide bonds. The average Bonchev–Trinajstić information content (AvgIpc) is 2.68. The van der Waals surface area contributed by atoms with E-state index in [4.69, 9.17) is 4.74 Å². The number of nitrogens with zero attached hydrogens (tertiary/aromatic N) is 3. The van der Waals surface area contributed by atoms with Crippen molar-refractivity contribution in [3.05, 3.63) is 72.3 Å². The van der Waals surface area contributed by atoms with E-state index in [1.807, 2.05) is 36.4 Å². The maximum Gasteiger partial charge on any atom is 0.254 e. The van der Waals surface area contributed by atoms with Crippen molar-refractivity contribution in [1.82, 2.24) is 20.3 Å². The number of amides is 1. The predicted octanol–water partition coefficient (Wildman–Crippen LogP) is 2.55. The number of benzene rings is 1. The summed E-state index contributed by atoms with van der Waals surface area (Å²) in [6.07, 6.45) is 6.32. The van der Waals surface area contributed by atoms with Crippen molar-refractivity contribution >= 4 is 17.5 Å². The summed E-state index contributed by atoms with van der Waals surface area (Å²) in [5, 5.41) is 5.88. The van der Waals surface area contributed by atoms with Gasteiger partial charge in [-0.05, 0) is 29.8 Å². The lowest BCUT2D eigenvalue weighted by atomic mass is 10.2. The number of methoxy groups -OCH3 is 1. The summed E-state index contributed by atoms with van der Waals surface area (Å²) in [4.78, 5) is 24.4. The second kappa shape index (κ2) is 7.87. The van der Waals surface area contributed by atoms with Gasteiger partial charge in [0.05, 0.1) is 18.4 Å². The number of carbonyl (C=O) groups excluding carboxylic acids is 1. The molecule has 3 aromatic rings. The van der Waals surface area contributed by atoms with Gasteiger partial charge in [0.1, 0.15) is 5.75 Å². The van der Waals surface area contributed by atoms with Crippen molar-refractivity contribution in [3.63, 3.8) is 0 Å². The van der Waals surface area contributed by atoms with E-state index in [0.29, 0.717) is 23.8 Å². The summed E-state index contributed by atoms with van der Waals surface area (Å²) < 4.78 is 5.27. The first-order valence-electron chi connectivity index (χ1n) is 7.65. The molecule has 7 nitrogen and oxygen atoms in total. The lowest BCUT2D eigenvalue weighted by Crippen LogP contribution is -2.23. The average molecular weight is 335 g/mol. The van der Waals surface area contributed by atoms with Crippen molar-refractivity contribution in [2.75, 3.05) is 12.4 Å². The second-order valence-electron chi connectivity index (χ2n) is 5.16. The molecular weight excluding hydrogens is 318 g/mol. The Balaban J connectivity index is 1.62. The first-order valence-corrected chi connectivity index (χ1v) is 7.65. The normalized spacial score (nSPS) is 10.1. The molecule has 25 heavy (non-hydrogen) atoms. The van der Waals surface area contributed by atoms with Crippen LogP contribution in [0.5, 0.6) is 5.75 Å². The molecule has 0 aliphatic heterocycles. The van der Waals surface area contributed by atoms with E-state index < -0.39 is 0 Å². The van der Waals surface area contributed by atoms with Gasteiger partial charge in [-0.3, -0.25) is 9.78 Å². The van der Waals surface area contributed by atoms with Crippen LogP contribution in [0, 0.1) is 0 Å². The number of carbonyl (C=O) groups is 1. The fourth-order valence-corrected chi connectivity index (χ4v) is 2.16. The minimum absolute atomic E-state index is 0.236. The van der Waals surface area contributed by atoms with Crippen LogP contribution in [-0.4, -0.2) is 28.0 Å². The highest BCUT2D eigenvalue weighted by atomic mass is 16.5. The fourth-order valence-electron chi connectivity index (χ4n) is 2.16. The number of pyridine rings is 1. The molecule has 0 aliphatic rings. The molecule has 2 heterocycles. The maximum absolute atomic E-state index is 12.1. The monoisotopic (exact) mass is 335 g/mol. The van der Waals surface area contributed by atoms with Gasteiger partial charge in [0, 0.05) is 31.3 Å². The minimum atomic E-state index is -0.236. The third kappa shape index (κ3) is 4.29. The van der Waals surface area contributed by atoms with Gasteiger partial charge in [0.2, 0.25) is 5.95 Å². The lowest BCUT2D eigenvalue weighted by Gasteiger charge is -2.10. The van der Waals surface area contributed by atoms with Crippen molar-refractivity contribution in [1.29, 1.82) is 0 Å². The number of para-hydroxylation sites is 2. The Morgan fingerprint density at radius 1 is 1.08 bits per heavy atom. The van der Waals surface area contributed by atoms with Crippen LogP contribution >= 0.6 is 0 Å². The Bertz CT molecular complexity index is 838. The molecule has 0 radical (unpaired) electrons. The number of aromatic nitrogens is 3. The Hall–Kier alpha value is -3.48. The van der Waals surface area contributed by atoms with E-state index in [1.54, 1.807) is 19.5 Å². The van der Waals surface area contributed by atoms with Gasteiger partial charge < -0.3 is 15.4 Å². The van der Waals surface area contributed by atoms with E-state index in [1.165, 1.54) is 12.4 Å². The highest BCUT2D eigenvalue weighted by molar-refractivity contribution is 5.93. The highest BCUT2D eigenvalue weighted by Gasteiger charge is 2.08. The quantitative estimate of drug-likeness (QED) is 0.720. The van der Waals surface area contributed by atoms with Crippen molar-refractivity contribution in [2.45, 2.75) is 6.54 Å². The van der Waals surface area contributed by atoms with Crippen LogP contribution in [0.25, 0.3) is 0 Å². The molecule has 2 aromatic heterocycles. The summed E-state index contributed by atoms with van der Waals surface area (Å²) >= 11 is 0. The van der Waals surface area contributed by atoms with Crippen LogP contribution < -0.4 is 15.4 Å². The molecule has 0 fully saturated rings. The van der Waals surface area contributed by atoms with Crippen molar-refractivity contribution in [2.24, 2.45) is 0 Å². The van der Waals surface area contributed by atoms with Crippen LogP contribution in [0.1, 0.15) is 15.9 Å². The van der Waals surface area contributed by atoms with Gasteiger partial charge in [0.25, 0.3) is 5.91 Å². The maximum atomic E-state index is 12.1. The van der Waals surface area contributed by atoms with E-state index >= 15 is 0 Å². The van der Waals surface area contributed by atoms with Crippen LogP contribution in [0.2, 0.25) is 0 Å². The Morgan fingerprint density at radius 2 is 1.80 bits per heavy atom. The second-order valence-corrected chi connectivity index (χ2v) is 5.16. The van der Waals surface area contributed by atoms with Gasteiger partial charge in [-0.15, -0.1) is 0 Å². The molecule has 0 unspecified atom stereocenters. The summed E-state index contributed by atoms with van der Waals surface area (Å²) in [5.74, 6) is 0.834. The van der Waals surface area contributed by atoms with Crippen molar-refractivity contribution in [3.8, 4) is 5.75 Å². The van der Waals surface area contributed by atoms with Crippen LogP contribution in [0.4, 0.5) is 11.6 Å². The molecule has 1 aromatic carbocycles. The molecule has 0 saturated heterocycles. The van der Waals surface area contributed by atoms with Gasteiger partial charge >= 0.3 is 0 Å². The highest BCUT2D eigenvalue weighted by Crippen LogP contribution is 2.25. The molecule has 0 saturated carbocycles. The SMILES string of the molecule is COc1ccccc1Nc1ncc(C(=O)NCc2ccncc2)cn1. The zero-order valence-corrected chi connectivity index (χ0v) is 13.6. The summed E-state index contributed by atoms with van der Waals surface area (Å²) in [6.45, 7) is 0.419. The number of ether oxygens (including phenoxy) is 1. The molecule has 3 rings (SSSR count). The van der Waals surface area contributed by atoms with E-state index in [9.17, 15) is 4.79 Å². The molecule has 0 bridgehead atoms. The Labute approximate surface area is 145 Å². The minimum Gasteiger partial charge on any atom is -0.495 e. The standard InChI is InChI=1S/C18H17N5O2/c1-25-16-5-3-2-4-15(16)23-18-21-11-14(12-22-18)17(24)20-10-13-6-8-19-9-7-13/h2-9,11-12H,10H2,1H3,(H,20,24)(H,21,22,23). The number of hydrogen-bond donors (Lipinski definition) is 2. The first-order chi connectivity index (χ1) is 12.3. The molecule has 0 aliphatic carbocycles. The van der Waals surface area contributed by atoms with E-state index in [0.717, 1.165) is 11.3 Å². The number of anilines is 2. The third-order valence-electron chi connectivity index (χ3n) is 3.47. The molecule has 0 atom stereocenters. The van der Waals surface area contributed by atoms with Crippen LogP contribution in [0.3, 0.4) is 0 Å². The third-order valence-corrected chi connectivity index (χ3v) is 3.47. The van der Waals surface area contributed by atoms with Gasteiger partial charge in [-0.1, -0.05) is 12.1 Å². The zero-order chi connectivity index (χ0) is 17.5. The first kappa shape index (κ1) is 16.4. The Morgan fingerprint density at radius 3 is 2.52 bits per heavy atom. The zero-order valence-electron chi connectivity index (χ0n) is 13.6. The topological polar surface area (TPSA) is 89.0 Å². The van der Waals surface area contributed by atoms with E-state index in [2.05, 4.69) is 25.6 Å². The Kier molecular flexibility index (Phi) is 5.16. The van der Waals surface area contributed by atoms with Crippen molar-refractivity contribution < 1.29 is 9.53 Å². The number of hydrogen-bond acceptors (Lipinski definition) is 6. The number of rotatable bonds is 6. The molecular formula is C18H17N5O2. The lowest BCUT2D eigenvalue weighted by molar-refractivity contribution is 0.0950. The summed E-state index contributed by atoms with van der Waals surface area (Å²) in [6, 6.07) is 11.1. The van der Waals surface area contributed by atoms with Gasteiger partial charge in [0.15, 0.2) is 0 Å². The van der Waals surface area contributed by atoms with Crippen LogP contribution in [-0.2, 0) is 6.54 Å². The smallest absolute Gasteiger partial charge is 0.254 e. The fraction of sp³-hybridized carbons (Fsp3) is 0.111. The molecule has 7 heteroatoms.